The van der Waals surface area contributed by atoms with Crippen molar-refractivity contribution in [3.63, 3.8) is 0 Å². The summed E-state index contributed by atoms with van der Waals surface area (Å²) in [5.41, 5.74) is 5.93. The smallest absolute Gasteiger partial charge is 0.191 e. The average Bonchev–Trinajstić information content (AvgIpc) is 3.32. The Bertz CT molecular complexity index is 822. The second-order valence-electron chi connectivity index (χ2n) is 7.88. The molecule has 1 aromatic heterocycles. The zero-order chi connectivity index (χ0) is 17.7. The number of hydrogen-bond donors (Lipinski definition) is 2. The number of quaternary nitrogens is 1. The molecule has 4 nitrogen and oxygen atoms in total. The van der Waals surface area contributed by atoms with Gasteiger partial charge in [0, 0.05) is 5.56 Å². The Morgan fingerprint density at radius 2 is 2.00 bits per heavy atom. The molecule has 1 fully saturated rings. The van der Waals surface area contributed by atoms with E-state index < -0.39 is 0 Å². The molecule has 1 saturated heterocycles. The van der Waals surface area contributed by atoms with E-state index in [0.717, 1.165) is 31.7 Å². The number of hydrazine groups is 1. The third kappa shape index (κ3) is 2.49. The highest BCUT2D eigenvalue weighted by Crippen LogP contribution is 2.47. The van der Waals surface area contributed by atoms with Crippen molar-refractivity contribution in [3.8, 4) is 5.75 Å². The zero-order valence-electron chi connectivity index (χ0n) is 15.4. The molecule has 136 valence electrons. The van der Waals surface area contributed by atoms with Crippen LogP contribution in [-0.2, 0) is 0 Å². The maximum atomic E-state index is 6.69. The molecule has 0 saturated carbocycles. The van der Waals surface area contributed by atoms with E-state index in [1.807, 2.05) is 0 Å². The molecule has 0 unspecified atom stereocenters. The van der Waals surface area contributed by atoms with Gasteiger partial charge >= 0.3 is 0 Å². The van der Waals surface area contributed by atoms with Gasteiger partial charge in [0.05, 0.1) is 48.6 Å². The zero-order valence-corrected chi connectivity index (χ0v) is 16.2. The van der Waals surface area contributed by atoms with Gasteiger partial charge in [-0.05, 0) is 37.4 Å². The summed E-state index contributed by atoms with van der Waals surface area (Å²) in [6, 6.07) is 13.7. The molecule has 1 atom stereocenters. The highest BCUT2D eigenvalue weighted by atomic mass is 32.1. The van der Waals surface area contributed by atoms with E-state index >= 15 is 0 Å². The number of nitrogens with one attached hydrogen (secondary N) is 2. The summed E-state index contributed by atoms with van der Waals surface area (Å²) in [5, 5.41) is 4.53. The van der Waals surface area contributed by atoms with Crippen LogP contribution in [0.1, 0.15) is 43.2 Å². The molecule has 0 aliphatic carbocycles. The summed E-state index contributed by atoms with van der Waals surface area (Å²) in [6.07, 6.45) is 4.46. The van der Waals surface area contributed by atoms with Crippen LogP contribution in [0.5, 0.6) is 5.75 Å². The number of benzene rings is 1. The monoisotopic (exact) mass is 368 g/mol. The van der Waals surface area contributed by atoms with Crippen molar-refractivity contribution in [2.45, 2.75) is 44.5 Å². The predicted molar refractivity (Wildman–Crippen MR) is 105 cm³/mol. The Morgan fingerprint density at radius 3 is 2.73 bits per heavy atom. The summed E-state index contributed by atoms with van der Waals surface area (Å²) < 4.78 is 6.69. The van der Waals surface area contributed by atoms with E-state index in [-0.39, 0.29) is 11.8 Å². The Kier molecular flexibility index (Phi) is 3.85. The minimum Gasteiger partial charge on any atom is -0.470 e. The number of para-hydroxylation sites is 1. The van der Waals surface area contributed by atoms with Gasteiger partial charge in [-0.2, -0.15) is 5.01 Å². The molecule has 0 bridgehead atoms. The molecule has 4 heterocycles. The molecule has 26 heavy (non-hydrogen) atoms. The Balaban J connectivity index is 1.52. The van der Waals surface area contributed by atoms with Gasteiger partial charge in [-0.1, -0.05) is 24.3 Å². The van der Waals surface area contributed by atoms with E-state index in [4.69, 9.17) is 4.74 Å². The van der Waals surface area contributed by atoms with Crippen LogP contribution in [0.3, 0.4) is 0 Å². The van der Waals surface area contributed by atoms with Crippen LogP contribution >= 0.6 is 11.3 Å². The fourth-order valence-corrected chi connectivity index (χ4v) is 5.28. The third-order valence-electron chi connectivity index (χ3n) is 6.10. The Hall–Kier alpha value is -1.82. The number of nitrogens with zero attached hydrogens (tertiary/aromatic N) is 1. The van der Waals surface area contributed by atoms with Crippen molar-refractivity contribution >= 4 is 17.0 Å². The number of fused-ring (bicyclic) bond motifs is 4. The number of rotatable bonds is 2. The SMILES string of the molecule is CC(C)[NH+]1CCC2(CC1)Oc1ccccc1[C@H]1C=C(c3cccs3)NN12. The van der Waals surface area contributed by atoms with Gasteiger partial charge in [-0.15, -0.1) is 11.3 Å². The minimum absolute atomic E-state index is 0.234. The van der Waals surface area contributed by atoms with Crippen molar-refractivity contribution < 1.29 is 9.64 Å². The van der Waals surface area contributed by atoms with Gasteiger partial charge in [0.2, 0.25) is 0 Å². The van der Waals surface area contributed by atoms with Crippen LogP contribution in [0.2, 0.25) is 0 Å². The van der Waals surface area contributed by atoms with E-state index in [0.29, 0.717) is 6.04 Å². The highest BCUT2D eigenvalue weighted by molar-refractivity contribution is 7.11. The van der Waals surface area contributed by atoms with Crippen molar-refractivity contribution in [1.29, 1.82) is 0 Å². The van der Waals surface area contributed by atoms with Crippen LogP contribution in [0.4, 0.5) is 0 Å². The topological polar surface area (TPSA) is 28.9 Å². The number of thiophene rings is 1. The maximum Gasteiger partial charge on any atom is 0.191 e. The lowest BCUT2D eigenvalue weighted by Crippen LogP contribution is -3.16. The van der Waals surface area contributed by atoms with Gasteiger partial charge in [-0.25, -0.2) is 0 Å². The molecule has 3 aliphatic rings. The highest BCUT2D eigenvalue weighted by Gasteiger charge is 2.52. The van der Waals surface area contributed by atoms with E-state index in [2.05, 4.69) is 72.1 Å². The van der Waals surface area contributed by atoms with Crippen LogP contribution in [0, 0.1) is 0 Å². The Morgan fingerprint density at radius 1 is 1.19 bits per heavy atom. The van der Waals surface area contributed by atoms with E-state index in [9.17, 15) is 0 Å². The molecule has 0 radical (unpaired) electrons. The molecule has 3 aliphatic heterocycles. The number of piperidine rings is 1. The summed E-state index contributed by atoms with van der Waals surface area (Å²) in [7, 11) is 0. The molecule has 5 rings (SSSR count). The van der Waals surface area contributed by atoms with Crippen LogP contribution in [0.25, 0.3) is 5.70 Å². The largest absolute Gasteiger partial charge is 0.470 e. The Labute approximate surface area is 159 Å². The minimum atomic E-state index is -0.257. The molecule has 0 amide bonds. The first-order chi connectivity index (χ1) is 12.7. The van der Waals surface area contributed by atoms with Crippen molar-refractivity contribution in [2.75, 3.05) is 13.1 Å². The lowest BCUT2D eigenvalue weighted by molar-refractivity contribution is -0.929. The summed E-state index contributed by atoms with van der Waals surface area (Å²) in [4.78, 5) is 2.97. The lowest BCUT2D eigenvalue weighted by Gasteiger charge is -2.51. The van der Waals surface area contributed by atoms with Crippen LogP contribution < -0.4 is 15.1 Å². The van der Waals surface area contributed by atoms with Gasteiger partial charge in [0.1, 0.15) is 5.75 Å². The molecule has 1 aromatic carbocycles. The van der Waals surface area contributed by atoms with Crippen molar-refractivity contribution in [2.24, 2.45) is 0 Å². The lowest BCUT2D eigenvalue weighted by atomic mass is 9.92. The maximum absolute atomic E-state index is 6.69. The molecular weight excluding hydrogens is 342 g/mol. The molecular formula is C21H26N3OS+. The summed E-state index contributed by atoms with van der Waals surface area (Å²) >= 11 is 1.78. The second-order valence-corrected chi connectivity index (χ2v) is 8.83. The standard InChI is InChI=1S/C21H25N3OS/c1-15(2)23-11-9-21(10-12-23)24-18(16-6-3-4-7-19(16)25-21)14-17(22-24)20-8-5-13-26-20/h3-8,13-15,18,22H,9-12H2,1-2H3/p+1/t18-/m1/s1. The first-order valence-electron chi connectivity index (χ1n) is 9.60. The third-order valence-corrected chi connectivity index (χ3v) is 7.00. The average molecular weight is 369 g/mol. The number of ether oxygens (including phenoxy) is 1. The fraction of sp³-hybridized carbons (Fsp3) is 0.429. The summed E-state index contributed by atoms with van der Waals surface area (Å²) in [5.74, 6) is 1.05. The number of likely N-dealkylation sites (tertiary alicyclic amines) is 1. The predicted octanol–water partition coefficient (Wildman–Crippen LogP) is 2.83. The van der Waals surface area contributed by atoms with E-state index in [1.54, 1.807) is 16.2 Å². The van der Waals surface area contributed by atoms with E-state index in [1.165, 1.54) is 16.1 Å². The van der Waals surface area contributed by atoms with Gasteiger partial charge < -0.3 is 15.1 Å². The summed E-state index contributed by atoms with van der Waals surface area (Å²) in [6.45, 7) is 6.94. The first-order valence-corrected chi connectivity index (χ1v) is 10.5. The molecule has 1 spiro atoms. The second kappa shape index (κ2) is 6.12. The quantitative estimate of drug-likeness (QED) is 0.854. The molecule has 2 aromatic rings. The van der Waals surface area contributed by atoms with Gasteiger partial charge in [0.15, 0.2) is 5.72 Å². The molecule has 2 N–H and O–H groups in total. The fourth-order valence-electron chi connectivity index (χ4n) is 4.58. The van der Waals surface area contributed by atoms with Gasteiger partial charge in [-0.3, -0.25) is 0 Å². The normalized spacial score (nSPS) is 30.5. The van der Waals surface area contributed by atoms with Gasteiger partial charge in [0.25, 0.3) is 0 Å². The van der Waals surface area contributed by atoms with Crippen LogP contribution in [-0.4, -0.2) is 29.9 Å². The molecule has 5 heteroatoms. The van der Waals surface area contributed by atoms with Crippen molar-refractivity contribution in [1.82, 2.24) is 10.4 Å². The van der Waals surface area contributed by atoms with Crippen molar-refractivity contribution in [3.05, 3.63) is 58.3 Å². The number of hydrogen-bond acceptors (Lipinski definition) is 4. The first kappa shape index (κ1) is 16.4. The van der Waals surface area contributed by atoms with Crippen LogP contribution in [0.15, 0.2) is 47.9 Å².